The van der Waals surface area contributed by atoms with Crippen LogP contribution in [-0.2, 0) is 24.3 Å². The number of aromatic nitrogens is 19. The van der Waals surface area contributed by atoms with Crippen molar-refractivity contribution >= 4 is 134 Å². The van der Waals surface area contributed by atoms with E-state index in [0.29, 0.717) is 164 Å². The topological polar surface area (TPSA) is 404 Å². The quantitative estimate of drug-likeness (QED) is 0.0136. The number of hydrogen-bond donors (Lipinski definition) is 11. The smallest absolute Gasteiger partial charge is 0.229 e. The van der Waals surface area contributed by atoms with Gasteiger partial charge in [-0.25, -0.2) is 42.5 Å². The van der Waals surface area contributed by atoms with Crippen LogP contribution < -0.4 is 37.2 Å². The number of quaternary nitrogens is 1. The van der Waals surface area contributed by atoms with Gasteiger partial charge in [0.05, 0.1) is 68.0 Å². The van der Waals surface area contributed by atoms with E-state index < -0.39 is 0 Å². The van der Waals surface area contributed by atoms with Crippen LogP contribution >= 0.6 is 46.4 Å². The molecule has 1 saturated carbocycles. The molecule has 140 heavy (non-hydrogen) atoms. The van der Waals surface area contributed by atoms with Gasteiger partial charge in [0.25, 0.3) is 0 Å². The van der Waals surface area contributed by atoms with Gasteiger partial charge < -0.3 is 56.5 Å². The number of piperidine rings is 4. The molecule has 734 valence electrons. The molecular formula is C99H114Cl4F4N30O3. The summed E-state index contributed by atoms with van der Waals surface area (Å²) in [6, 6.07) is 25.9. The molecule has 4 saturated heterocycles. The molecule has 4 aliphatic heterocycles. The normalized spacial score (nSPS) is 17.0. The van der Waals surface area contributed by atoms with Crippen molar-refractivity contribution < 1.29 is 31.5 Å². The second-order valence-electron chi connectivity index (χ2n) is 36.7. The highest BCUT2D eigenvalue weighted by molar-refractivity contribution is 6.34. The Bertz CT molecular complexity index is 6620. The summed E-state index contributed by atoms with van der Waals surface area (Å²) in [4.78, 5) is 61.8. The van der Waals surface area contributed by atoms with E-state index in [4.69, 9.17) is 50.9 Å². The van der Waals surface area contributed by atoms with Gasteiger partial charge in [-0.3, -0.25) is 40.0 Å². The molecule has 0 amide bonds. The van der Waals surface area contributed by atoms with Crippen LogP contribution in [0.3, 0.4) is 0 Å². The van der Waals surface area contributed by atoms with Crippen LogP contribution in [0, 0.1) is 90.8 Å². The Kier molecular flexibility index (Phi) is 32.7. The number of pyridine rings is 1. The predicted molar refractivity (Wildman–Crippen MR) is 536 cm³/mol. The lowest BCUT2D eigenvalue weighted by molar-refractivity contribution is -0.884. The maximum absolute atomic E-state index is 15.3. The molecule has 33 nitrogen and oxygen atoms in total. The number of nitrogens with zero attached hydrogens (tertiary/aromatic N) is 19. The third-order valence-corrected chi connectivity index (χ3v) is 27.5. The number of hydroxylamine groups is 3. The maximum atomic E-state index is 15.3. The average molecular weight is 1990 g/mol. The Labute approximate surface area is 828 Å². The summed E-state index contributed by atoms with van der Waals surface area (Å²) in [5.74, 6) is 6.62. The van der Waals surface area contributed by atoms with E-state index in [1.54, 1.807) is 43.3 Å². The first-order valence-electron chi connectivity index (χ1n) is 47.1. The highest BCUT2D eigenvalue weighted by Gasteiger charge is 2.34. The molecule has 11 N–H and O–H groups in total. The molecule has 5 aliphatic rings. The van der Waals surface area contributed by atoms with Crippen LogP contribution in [0.5, 0.6) is 0 Å². The minimum Gasteiger partial charge on any atom is -0.633 e. The summed E-state index contributed by atoms with van der Waals surface area (Å²) in [6.07, 6.45) is 20.7. The minimum absolute atomic E-state index is 0.153. The molecule has 0 spiro atoms. The fourth-order valence-electron chi connectivity index (χ4n) is 18.8. The van der Waals surface area contributed by atoms with Crippen molar-refractivity contribution in [3.8, 4) is 0 Å². The number of anilines is 14. The van der Waals surface area contributed by atoms with Gasteiger partial charge in [0.2, 0.25) is 23.7 Å². The lowest BCUT2D eigenvalue weighted by atomic mass is 9.84. The van der Waals surface area contributed by atoms with Crippen molar-refractivity contribution in [2.45, 2.75) is 196 Å². The van der Waals surface area contributed by atoms with Crippen LogP contribution in [0.4, 0.5) is 99.0 Å². The van der Waals surface area contributed by atoms with Gasteiger partial charge in [-0.2, -0.15) is 40.3 Å². The monoisotopic (exact) mass is 1990 g/mol. The van der Waals surface area contributed by atoms with E-state index in [1.165, 1.54) is 30.4 Å². The lowest BCUT2D eigenvalue weighted by Crippen LogP contribution is -2.47. The summed E-state index contributed by atoms with van der Waals surface area (Å²) in [5.41, 5.74) is 14.7. The predicted octanol–water partition coefficient (Wildman–Crippen LogP) is 22.0. The maximum Gasteiger partial charge on any atom is 0.229 e. The number of benzene rings is 4. The lowest BCUT2D eigenvalue weighted by Gasteiger charge is -2.47. The van der Waals surface area contributed by atoms with Gasteiger partial charge in [-0.15, -0.1) is 0 Å². The molecule has 0 bridgehead atoms. The van der Waals surface area contributed by atoms with Crippen LogP contribution in [-0.4, -0.2) is 186 Å². The number of carbonyl (C=O) groups is 1. The summed E-state index contributed by atoms with van der Waals surface area (Å²) in [7, 11) is 0. The Morgan fingerprint density at radius 3 is 1.17 bits per heavy atom. The van der Waals surface area contributed by atoms with Crippen LogP contribution in [0.1, 0.15) is 204 Å². The Balaban J connectivity index is 0.000000135. The van der Waals surface area contributed by atoms with E-state index >= 15 is 13.2 Å². The minimum atomic E-state index is -0.384. The van der Waals surface area contributed by atoms with Crippen molar-refractivity contribution in [3.63, 3.8) is 0 Å². The van der Waals surface area contributed by atoms with Crippen LogP contribution in [0.15, 0.2) is 127 Å². The molecule has 41 heteroatoms. The second-order valence-corrected chi connectivity index (χ2v) is 38.3. The van der Waals surface area contributed by atoms with E-state index in [9.17, 15) is 14.4 Å². The SMILES string of the molecule is CC[N+]1([O-])CCC(c2cc(F)c(Nc3ncc(Cl)c(Nc4cc(C)[nH]n4)n3)cc2C)CC1.Cc1cc(Nc2nc(Cc3cc(C)c(C4CCN(C5CCC(=O)CC5)CC4)cc3F)ncc2Cl)n[nH]1.Cc1cc(Nc2nc(Nc3cc(C)c(C4CCN(Cc5ccncc5)CC4)cc3F)ncc2Cl)n[nH]1.Cc1cc(Nc2nc(Nc3cc(C)c(C4CCN(Cc5noc(C)n5)CC4)cc3F)ncc2Cl)n[nH]1. The zero-order valence-electron chi connectivity index (χ0n) is 79.6. The molecule has 14 heterocycles. The van der Waals surface area contributed by atoms with Gasteiger partial charge in [-0.05, 0) is 287 Å². The van der Waals surface area contributed by atoms with Crippen molar-refractivity contribution in [2.75, 3.05) is 96.1 Å². The van der Waals surface area contributed by atoms with Crippen molar-refractivity contribution in [1.29, 1.82) is 0 Å². The highest BCUT2D eigenvalue weighted by Crippen LogP contribution is 2.42. The number of likely N-dealkylation sites (tertiary alicyclic amines) is 4. The Morgan fingerprint density at radius 1 is 0.429 bits per heavy atom. The van der Waals surface area contributed by atoms with E-state index in [1.807, 2.05) is 104 Å². The third-order valence-electron chi connectivity index (χ3n) is 26.4. The van der Waals surface area contributed by atoms with Gasteiger partial charge in [-0.1, -0.05) is 57.6 Å². The molecule has 4 aromatic carbocycles. The van der Waals surface area contributed by atoms with E-state index in [0.717, 1.165) is 177 Å². The molecule has 0 atom stereocenters. The van der Waals surface area contributed by atoms with Crippen LogP contribution in [0.25, 0.3) is 0 Å². The number of H-pyrrole nitrogens is 4. The molecular weight excluding hydrogens is 1880 g/mol. The average Bonchev–Trinajstić information content (AvgIpc) is 1.10. The first-order valence-corrected chi connectivity index (χ1v) is 48.6. The molecule has 1 aliphatic carbocycles. The number of nitrogens with one attached hydrogen (secondary N) is 11. The third kappa shape index (κ3) is 26.3. The number of halogens is 8. The first-order chi connectivity index (χ1) is 67.4. The second kappa shape index (κ2) is 45.7. The van der Waals surface area contributed by atoms with Gasteiger partial charge in [0, 0.05) is 111 Å². The summed E-state index contributed by atoms with van der Waals surface area (Å²) >= 11 is 24.9. The van der Waals surface area contributed by atoms with E-state index in [-0.39, 0.29) is 69.7 Å². The Hall–Kier alpha value is -12.7. The fourth-order valence-corrected chi connectivity index (χ4v) is 19.3. The summed E-state index contributed by atoms with van der Waals surface area (Å²) in [6.45, 7) is 28.4. The molecule has 0 radical (unpaired) electrons. The molecule has 14 aromatic rings. The number of rotatable bonds is 26. The zero-order valence-corrected chi connectivity index (χ0v) is 82.7. The Morgan fingerprint density at radius 2 is 0.793 bits per heavy atom. The van der Waals surface area contributed by atoms with Gasteiger partial charge in [0.1, 0.15) is 55.0 Å². The summed E-state index contributed by atoms with van der Waals surface area (Å²) in [5, 5.41) is 66.8. The van der Waals surface area contributed by atoms with Crippen molar-refractivity contribution in [2.24, 2.45) is 0 Å². The van der Waals surface area contributed by atoms with Crippen molar-refractivity contribution in [3.05, 3.63) is 267 Å². The number of hydrogen-bond acceptors (Lipinski definition) is 28. The largest absolute Gasteiger partial charge is 0.633 e. The first kappa shape index (κ1) is 100. The molecule has 10 aromatic heterocycles. The summed E-state index contributed by atoms with van der Waals surface area (Å²) < 4.78 is 65.5. The van der Waals surface area contributed by atoms with Crippen molar-refractivity contribution in [1.82, 2.24) is 110 Å². The number of aromatic amines is 4. The number of aryl methyl sites for hydroxylation is 9. The fraction of sp³-hybridized carbons (Fsp3) is 0.394. The molecule has 5 fully saturated rings. The number of Topliss-reactive ketones (excluding diaryl/α,β-unsaturated/α-hetero) is 1. The van der Waals surface area contributed by atoms with Crippen LogP contribution in [0.2, 0.25) is 20.1 Å². The van der Waals surface area contributed by atoms with E-state index in [2.05, 4.69) is 167 Å². The van der Waals surface area contributed by atoms with Gasteiger partial charge in [0.15, 0.2) is 52.4 Å². The standard InChI is InChI=1S/C27H32ClFN6O.C26H28ClFN8.C24H27ClFN9O.C22H27ClFN7O/c1-16-11-19(13-25-30-15-23(28)27(31-25)32-26-12-17(2)33-34-26)24(29)14-22(16)18-7-9-35(10-8-18)20-3-5-21(36)6-4-20;1-16-11-23(31-26-30-14-21(27)25(33-26)32-24-12-17(2)34-35-24)22(28)13-20(16)19-5-9-36(10-6-19)15-18-3-7-29-8-4-18;1-13-8-20(29-24-27-11-18(25)23(31-24)30-21-9-14(2)32-33-21)19(26)10-17(13)16-4-6-35(7-5-16)12-22-28-15(3)36-34-22;1-4-31(32)7-5-15(6-8-31)16-11-18(24)19(9-13(16)2)26-22-25-12-17(23)21(28-22)27-20-10-14(3)29-30-20/h11-12,14-15,18,20H,3-10,13H2,1-2H3,(H2,30,31,32,33,34);3-4,7-8,11-14,19H,5-6,9-10,15H2,1-2H3,(H3,30,31,32,33,34,35);8-11,16H,4-7,12H2,1-3H3,(H3,27,29,30,31,32,33);9-12,15H,4-8H2,1-3H3,(H3,25,26,27,28,29,30). The molecule has 0 unspecified atom stereocenters. The van der Waals surface area contributed by atoms with Gasteiger partial charge >= 0.3 is 0 Å². The number of ketones is 1. The zero-order chi connectivity index (χ0) is 98.4. The highest BCUT2D eigenvalue weighted by atomic mass is 35.5. The molecule has 19 rings (SSSR count). The number of carbonyl (C=O) groups excluding carboxylic acids is 1.